The molecule has 0 radical (unpaired) electrons. The van der Waals surface area contributed by atoms with Crippen molar-refractivity contribution in [3.05, 3.63) is 34.3 Å². The molecule has 0 spiro atoms. The molecule has 1 aromatic carbocycles. The average Bonchev–Trinajstić information content (AvgIpc) is 2.48. The van der Waals surface area contributed by atoms with Crippen LogP contribution in [0.15, 0.2) is 28.7 Å². The summed E-state index contributed by atoms with van der Waals surface area (Å²) in [7, 11) is 0. The fourth-order valence-electron chi connectivity index (χ4n) is 2.68. The van der Waals surface area contributed by atoms with Gasteiger partial charge in [-0.2, -0.15) is 5.26 Å². The van der Waals surface area contributed by atoms with Gasteiger partial charge >= 0.3 is 0 Å². The minimum atomic E-state index is -0.362. The van der Waals surface area contributed by atoms with Crippen molar-refractivity contribution in [2.45, 2.75) is 12.5 Å². The lowest BCUT2D eigenvalue weighted by molar-refractivity contribution is 0.00555. The molecule has 108 valence electrons. The van der Waals surface area contributed by atoms with Crippen LogP contribution in [0, 0.1) is 11.3 Å². The number of benzene rings is 1. The molecule has 1 aromatic rings. The van der Waals surface area contributed by atoms with Crippen LogP contribution in [0.1, 0.15) is 12.5 Å². The second-order valence-corrected chi connectivity index (χ2v) is 6.28. The predicted molar refractivity (Wildman–Crippen MR) is 82.2 cm³/mol. The van der Waals surface area contributed by atoms with Gasteiger partial charge in [-0.1, -0.05) is 28.1 Å². The fourth-order valence-corrected chi connectivity index (χ4v) is 2.95. The van der Waals surface area contributed by atoms with Gasteiger partial charge in [-0.3, -0.25) is 9.80 Å². The zero-order chi connectivity index (χ0) is 14.6. The Hall–Kier alpha value is -0.930. The maximum atomic E-state index is 9.91. The van der Waals surface area contributed by atoms with E-state index >= 15 is 0 Å². The molecule has 2 rings (SSSR count). The molecule has 1 aliphatic rings. The Labute approximate surface area is 128 Å². The molecule has 20 heavy (non-hydrogen) atoms. The lowest BCUT2D eigenvalue weighted by Gasteiger charge is -2.45. The molecule has 1 N–H and O–H groups in total. The third-order valence-electron chi connectivity index (χ3n) is 4.14. The Morgan fingerprint density at radius 1 is 1.25 bits per heavy atom. The second kappa shape index (κ2) is 6.68. The van der Waals surface area contributed by atoms with Gasteiger partial charge in [0, 0.05) is 30.7 Å². The number of nitriles is 1. The van der Waals surface area contributed by atoms with Crippen molar-refractivity contribution in [2.24, 2.45) is 0 Å². The van der Waals surface area contributed by atoms with Gasteiger partial charge in [0.1, 0.15) is 0 Å². The standard InChI is InChI=1S/C15H20BrN3O/c1-15(12-20,13-2-4-14(16)5-3-13)19-10-8-18(7-6-17)9-11-19/h2-5,20H,7-12H2,1H3. The van der Waals surface area contributed by atoms with Crippen LogP contribution in [0.4, 0.5) is 0 Å². The van der Waals surface area contributed by atoms with E-state index in [1.165, 1.54) is 0 Å². The molecule has 1 saturated heterocycles. The van der Waals surface area contributed by atoms with E-state index in [1.807, 2.05) is 12.1 Å². The molecule has 1 aliphatic heterocycles. The highest BCUT2D eigenvalue weighted by molar-refractivity contribution is 9.10. The van der Waals surface area contributed by atoms with Crippen molar-refractivity contribution in [1.29, 1.82) is 5.26 Å². The highest BCUT2D eigenvalue weighted by Gasteiger charge is 2.35. The Balaban J connectivity index is 2.12. The van der Waals surface area contributed by atoms with Crippen LogP contribution >= 0.6 is 15.9 Å². The first-order chi connectivity index (χ1) is 9.60. The van der Waals surface area contributed by atoms with Gasteiger partial charge < -0.3 is 5.11 Å². The summed E-state index contributed by atoms with van der Waals surface area (Å²) in [6.07, 6.45) is 0. The molecular formula is C15H20BrN3O. The van der Waals surface area contributed by atoms with Crippen molar-refractivity contribution < 1.29 is 5.11 Å². The summed E-state index contributed by atoms with van der Waals surface area (Å²) in [6.45, 7) is 6.15. The molecule has 0 aromatic heterocycles. The minimum Gasteiger partial charge on any atom is -0.394 e. The maximum absolute atomic E-state index is 9.91. The molecule has 1 heterocycles. The topological polar surface area (TPSA) is 50.5 Å². The molecule has 1 atom stereocenters. The lowest BCUT2D eigenvalue weighted by Crippen LogP contribution is -2.55. The van der Waals surface area contributed by atoms with Crippen LogP contribution in [0.3, 0.4) is 0 Å². The van der Waals surface area contributed by atoms with Crippen LogP contribution in [0.2, 0.25) is 0 Å². The molecule has 5 heteroatoms. The first kappa shape index (κ1) is 15.5. The van der Waals surface area contributed by atoms with Crippen LogP contribution in [0.5, 0.6) is 0 Å². The Morgan fingerprint density at radius 2 is 1.85 bits per heavy atom. The minimum absolute atomic E-state index is 0.0902. The summed E-state index contributed by atoms with van der Waals surface area (Å²) >= 11 is 3.44. The first-order valence-corrected chi connectivity index (χ1v) is 7.61. The Morgan fingerprint density at radius 3 is 2.35 bits per heavy atom. The van der Waals surface area contributed by atoms with E-state index in [4.69, 9.17) is 5.26 Å². The summed E-state index contributed by atoms with van der Waals surface area (Å²) in [6, 6.07) is 10.3. The molecule has 0 aliphatic carbocycles. The highest BCUT2D eigenvalue weighted by atomic mass is 79.9. The van der Waals surface area contributed by atoms with Gasteiger partial charge in [0.25, 0.3) is 0 Å². The lowest BCUT2D eigenvalue weighted by atomic mass is 9.90. The van der Waals surface area contributed by atoms with Crippen molar-refractivity contribution >= 4 is 15.9 Å². The van der Waals surface area contributed by atoms with Crippen molar-refractivity contribution in [3.63, 3.8) is 0 Å². The second-order valence-electron chi connectivity index (χ2n) is 5.36. The average molecular weight is 338 g/mol. The number of aliphatic hydroxyl groups excluding tert-OH is 1. The van der Waals surface area contributed by atoms with E-state index in [0.717, 1.165) is 36.2 Å². The molecule has 0 amide bonds. The van der Waals surface area contributed by atoms with E-state index < -0.39 is 0 Å². The van der Waals surface area contributed by atoms with Gasteiger partial charge in [-0.15, -0.1) is 0 Å². The summed E-state index contributed by atoms with van der Waals surface area (Å²) < 4.78 is 1.04. The number of rotatable bonds is 4. The summed E-state index contributed by atoms with van der Waals surface area (Å²) in [4.78, 5) is 4.46. The molecule has 1 unspecified atom stereocenters. The fraction of sp³-hybridized carbons (Fsp3) is 0.533. The smallest absolute Gasteiger partial charge is 0.0866 e. The van der Waals surface area contributed by atoms with Crippen LogP contribution < -0.4 is 0 Å². The van der Waals surface area contributed by atoms with Crippen molar-refractivity contribution in [3.8, 4) is 6.07 Å². The number of hydrogen-bond acceptors (Lipinski definition) is 4. The first-order valence-electron chi connectivity index (χ1n) is 6.81. The zero-order valence-electron chi connectivity index (χ0n) is 11.7. The quantitative estimate of drug-likeness (QED) is 0.851. The summed E-state index contributed by atoms with van der Waals surface area (Å²) in [5, 5.41) is 18.7. The summed E-state index contributed by atoms with van der Waals surface area (Å²) in [5.74, 6) is 0. The normalized spacial score (nSPS) is 20.3. The SMILES string of the molecule is CC(CO)(c1ccc(Br)cc1)N1CCN(CC#N)CC1. The molecule has 1 fully saturated rings. The van der Waals surface area contributed by atoms with Crippen LogP contribution in [0.25, 0.3) is 0 Å². The van der Waals surface area contributed by atoms with Gasteiger partial charge in [0.05, 0.1) is 24.8 Å². The predicted octanol–water partition coefficient (Wildman–Crippen LogP) is 1.80. The number of piperazine rings is 1. The van der Waals surface area contributed by atoms with Crippen molar-refractivity contribution in [1.82, 2.24) is 9.80 Å². The monoisotopic (exact) mass is 337 g/mol. The van der Waals surface area contributed by atoms with Gasteiger partial charge in [-0.25, -0.2) is 0 Å². The van der Waals surface area contributed by atoms with Crippen LogP contribution in [-0.4, -0.2) is 54.2 Å². The molecule has 0 bridgehead atoms. The molecule has 4 nitrogen and oxygen atoms in total. The van der Waals surface area contributed by atoms with E-state index in [-0.39, 0.29) is 12.1 Å². The van der Waals surface area contributed by atoms with E-state index in [0.29, 0.717) is 6.54 Å². The van der Waals surface area contributed by atoms with E-state index in [9.17, 15) is 5.11 Å². The summed E-state index contributed by atoms with van der Waals surface area (Å²) in [5.41, 5.74) is 0.760. The van der Waals surface area contributed by atoms with Gasteiger partial charge in [0.15, 0.2) is 0 Å². The van der Waals surface area contributed by atoms with Crippen LogP contribution in [-0.2, 0) is 5.54 Å². The molecular weight excluding hydrogens is 318 g/mol. The van der Waals surface area contributed by atoms with Gasteiger partial charge in [-0.05, 0) is 24.6 Å². The highest BCUT2D eigenvalue weighted by Crippen LogP contribution is 2.29. The number of aliphatic hydroxyl groups is 1. The third kappa shape index (κ3) is 3.21. The number of nitrogens with zero attached hydrogens (tertiary/aromatic N) is 3. The van der Waals surface area contributed by atoms with Gasteiger partial charge in [0.2, 0.25) is 0 Å². The van der Waals surface area contributed by atoms with E-state index in [2.05, 4.69) is 50.9 Å². The largest absolute Gasteiger partial charge is 0.394 e. The van der Waals surface area contributed by atoms with E-state index in [1.54, 1.807) is 0 Å². The number of hydrogen-bond donors (Lipinski definition) is 1. The van der Waals surface area contributed by atoms with Crippen molar-refractivity contribution in [2.75, 3.05) is 39.3 Å². The Bertz CT molecular complexity index is 477. The zero-order valence-corrected chi connectivity index (χ0v) is 13.3. The maximum Gasteiger partial charge on any atom is 0.0866 e. The Kier molecular flexibility index (Phi) is 5.17. The molecule has 0 saturated carbocycles. The number of halogens is 1. The third-order valence-corrected chi connectivity index (χ3v) is 4.67.